The minimum atomic E-state index is -0.170. The summed E-state index contributed by atoms with van der Waals surface area (Å²) in [5.74, 6) is -0.170. The average molecular weight is 312 g/mol. The van der Waals surface area contributed by atoms with Crippen molar-refractivity contribution in [3.8, 4) is 0 Å². The average Bonchev–Trinajstić information content (AvgIpc) is 2.62. The lowest BCUT2D eigenvalue weighted by atomic mass is 10.1. The van der Waals surface area contributed by atoms with Crippen molar-refractivity contribution in [2.75, 3.05) is 31.2 Å². The second-order valence-corrected chi connectivity index (χ2v) is 5.48. The molecule has 0 bridgehead atoms. The minimum absolute atomic E-state index is 0.170. The number of hydrogen-bond acceptors (Lipinski definition) is 5. The summed E-state index contributed by atoms with van der Waals surface area (Å²) < 4.78 is 5.36. The van der Waals surface area contributed by atoms with Crippen LogP contribution in [0.4, 0.5) is 5.69 Å². The summed E-state index contributed by atoms with van der Waals surface area (Å²) in [5.41, 5.74) is 3.55. The third-order valence-electron chi connectivity index (χ3n) is 3.93. The van der Waals surface area contributed by atoms with Gasteiger partial charge in [-0.3, -0.25) is 14.8 Å². The van der Waals surface area contributed by atoms with Gasteiger partial charge in [0.1, 0.15) is 5.69 Å². The number of amides is 1. The van der Waals surface area contributed by atoms with E-state index in [0.29, 0.717) is 25.5 Å². The van der Waals surface area contributed by atoms with E-state index in [0.717, 1.165) is 29.9 Å². The lowest BCUT2D eigenvalue weighted by Gasteiger charge is -2.28. The number of carbonyl (C=O) groups is 1. The number of anilines is 1. The van der Waals surface area contributed by atoms with Gasteiger partial charge in [-0.15, -0.1) is 0 Å². The maximum atomic E-state index is 12.3. The molecule has 1 aliphatic rings. The number of pyridine rings is 2. The molecule has 0 atom stereocenters. The van der Waals surface area contributed by atoms with E-state index in [1.807, 2.05) is 25.1 Å². The second kappa shape index (κ2) is 7.19. The minimum Gasteiger partial charge on any atom is -0.378 e. The van der Waals surface area contributed by atoms with Crippen LogP contribution < -0.4 is 10.2 Å². The first-order valence-corrected chi connectivity index (χ1v) is 7.70. The van der Waals surface area contributed by atoms with Crippen molar-refractivity contribution < 1.29 is 9.53 Å². The SMILES string of the molecule is Cc1cnccc1CNC(=O)c1cc(N2CCOCC2)ccn1. The Labute approximate surface area is 135 Å². The van der Waals surface area contributed by atoms with Crippen molar-refractivity contribution in [3.05, 3.63) is 53.6 Å². The van der Waals surface area contributed by atoms with Crippen LogP contribution in [0.15, 0.2) is 36.8 Å². The van der Waals surface area contributed by atoms with Gasteiger partial charge in [-0.05, 0) is 36.2 Å². The van der Waals surface area contributed by atoms with E-state index in [-0.39, 0.29) is 5.91 Å². The van der Waals surface area contributed by atoms with Gasteiger partial charge in [0.25, 0.3) is 5.91 Å². The molecule has 0 aliphatic carbocycles. The van der Waals surface area contributed by atoms with E-state index in [4.69, 9.17) is 4.74 Å². The fourth-order valence-electron chi connectivity index (χ4n) is 2.53. The van der Waals surface area contributed by atoms with E-state index in [2.05, 4.69) is 20.2 Å². The Kier molecular flexibility index (Phi) is 4.83. The predicted molar refractivity (Wildman–Crippen MR) is 87.4 cm³/mol. The zero-order valence-corrected chi connectivity index (χ0v) is 13.2. The fraction of sp³-hybridized carbons (Fsp3) is 0.353. The van der Waals surface area contributed by atoms with Crippen molar-refractivity contribution in [1.82, 2.24) is 15.3 Å². The number of aromatic nitrogens is 2. The first-order valence-electron chi connectivity index (χ1n) is 7.70. The molecule has 0 spiro atoms. The lowest BCUT2D eigenvalue weighted by Crippen LogP contribution is -2.36. The fourth-order valence-corrected chi connectivity index (χ4v) is 2.53. The number of aryl methyl sites for hydroxylation is 1. The number of morpholine rings is 1. The molecule has 1 N–H and O–H groups in total. The smallest absolute Gasteiger partial charge is 0.270 e. The molecule has 0 aromatic carbocycles. The second-order valence-electron chi connectivity index (χ2n) is 5.48. The molecule has 0 radical (unpaired) electrons. The quantitative estimate of drug-likeness (QED) is 0.928. The Morgan fingerprint density at radius 3 is 2.91 bits per heavy atom. The van der Waals surface area contributed by atoms with Gasteiger partial charge in [0.2, 0.25) is 0 Å². The lowest BCUT2D eigenvalue weighted by molar-refractivity contribution is 0.0946. The van der Waals surface area contributed by atoms with E-state index in [1.54, 1.807) is 18.6 Å². The molecule has 6 nitrogen and oxygen atoms in total. The molecule has 3 heterocycles. The largest absolute Gasteiger partial charge is 0.378 e. The zero-order valence-electron chi connectivity index (χ0n) is 13.2. The van der Waals surface area contributed by atoms with Crippen molar-refractivity contribution >= 4 is 11.6 Å². The van der Waals surface area contributed by atoms with Gasteiger partial charge in [-0.1, -0.05) is 0 Å². The van der Waals surface area contributed by atoms with E-state index >= 15 is 0 Å². The number of carbonyl (C=O) groups excluding carboxylic acids is 1. The maximum absolute atomic E-state index is 12.3. The summed E-state index contributed by atoms with van der Waals surface area (Å²) in [6.07, 6.45) is 5.20. The van der Waals surface area contributed by atoms with Crippen LogP contribution in [0.3, 0.4) is 0 Å². The van der Waals surface area contributed by atoms with Gasteiger partial charge in [0.15, 0.2) is 0 Å². The van der Waals surface area contributed by atoms with E-state index < -0.39 is 0 Å². The molecule has 120 valence electrons. The number of hydrogen-bond donors (Lipinski definition) is 1. The van der Waals surface area contributed by atoms with Crippen LogP contribution in [-0.2, 0) is 11.3 Å². The zero-order chi connectivity index (χ0) is 16.1. The summed E-state index contributed by atoms with van der Waals surface area (Å²) in [4.78, 5) is 22.8. The molecule has 23 heavy (non-hydrogen) atoms. The number of nitrogens with one attached hydrogen (secondary N) is 1. The molecule has 2 aromatic heterocycles. The van der Waals surface area contributed by atoms with Crippen LogP contribution in [-0.4, -0.2) is 42.2 Å². The number of ether oxygens (including phenoxy) is 1. The molecule has 3 rings (SSSR count). The van der Waals surface area contributed by atoms with Gasteiger partial charge in [0, 0.05) is 43.9 Å². The summed E-state index contributed by atoms with van der Waals surface area (Å²) in [5, 5.41) is 2.91. The van der Waals surface area contributed by atoms with Crippen LogP contribution >= 0.6 is 0 Å². The molecule has 0 saturated carbocycles. The van der Waals surface area contributed by atoms with Crippen molar-refractivity contribution in [1.29, 1.82) is 0 Å². The van der Waals surface area contributed by atoms with Crippen LogP contribution in [0.2, 0.25) is 0 Å². The van der Waals surface area contributed by atoms with Gasteiger partial charge < -0.3 is 15.0 Å². The van der Waals surface area contributed by atoms with Gasteiger partial charge in [-0.25, -0.2) is 0 Å². The Balaban J connectivity index is 1.66. The highest BCUT2D eigenvalue weighted by molar-refractivity contribution is 5.93. The molecule has 1 fully saturated rings. The topological polar surface area (TPSA) is 67.4 Å². The highest BCUT2D eigenvalue weighted by Gasteiger charge is 2.14. The standard InChI is InChI=1S/C17H20N4O2/c1-13-11-18-4-2-14(13)12-20-17(22)16-10-15(3-5-19-16)21-6-8-23-9-7-21/h2-5,10-11H,6-9,12H2,1H3,(H,20,22). The molecule has 1 aliphatic heterocycles. The number of rotatable bonds is 4. The summed E-state index contributed by atoms with van der Waals surface area (Å²) in [7, 11) is 0. The number of nitrogens with zero attached hydrogens (tertiary/aromatic N) is 3. The highest BCUT2D eigenvalue weighted by Crippen LogP contribution is 2.16. The molecule has 0 unspecified atom stereocenters. The molecular formula is C17H20N4O2. The van der Waals surface area contributed by atoms with Crippen molar-refractivity contribution in [2.45, 2.75) is 13.5 Å². The summed E-state index contributed by atoms with van der Waals surface area (Å²) >= 11 is 0. The van der Waals surface area contributed by atoms with Gasteiger partial charge >= 0.3 is 0 Å². The van der Waals surface area contributed by atoms with Crippen LogP contribution in [0.25, 0.3) is 0 Å². The third-order valence-corrected chi connectivity index (χ3v) is 3.93. The Hall–Kier alpha value is -2.47. The molecule has 6 heteroatoms. The highest BCUT2D eigenvalue weighted by atomic mass is 16.5. The normalized spacial score (nSPS) is 14.6. The van der Waals surface area contributed by atoms with Crippen molar-refractivity contribution in [2.24, 2.45) is 0 Å². The first-order chi connectivity index (χ1) is 11.2. The first kappa shape index (κ1) is 15.4. The Morgan fingerprint density at radius 1 is 1.30 bits per heavy atom. The Bertz CT molecular complexity index is 684. The molecule has 1 amide bonds. The van der Waals surface area contributed by atoms with E-state index in [1.165, 1.54) is 0 Å². The van der Waals surface area contributed by atoms with Gasteiger partial charge in [-0.2, -0.15) is 0 Å². The van der Waals surface area contributed by atoms with Gasteiger partial charge in [0.05, 0.1) is 13.2 Å². The molecule has 2 aromatic rings. The monoisotopic (exact) mass is 312 g/mol. The summed E-state index contributed by atoms with van der Waals surface area (Å²) in [6.45, 7) is 5.54. The maximum Gasteiger partial charge on any atom is 0.270 e. The summed E-state index contributed by atoms with van der Waals surface area (Å²) in [6, 6.07) is 5.67. The van der Waals surface area contributed by atoms with E-state index in [9.17, 15) is 4.79 Å². The molecular weight excluding hydrogens is 292 g/mol. The van der Waals surface area contributed by atoms with Crippen LogP contribution in [0.1, 0.15) is 21.6 Å². The van der Waals surface area contributed by atoms with Crippen LogP contribution in [0.5, 0.6) is 0 Å². The van der Waals surface area contributed by atoms with Crippen molar-refractivity contribution in [3.63, 3.8) is 0 Å². The molecule has 1 saturated heterocycles. The predicted octanol–water partition coefficient (Wildman–Crippen LogP) is 1.55. The Morgan fingerprint density at radius 2 is 2.13 bits per heavy atom. The third kappa shape index (κ3) is 3.84. The van der Waals surface area contributed by atoms with Crippen LogP contribution in [0, 0.1) is 6.92 Å².